The van der Waals surface area contributed by atoms with Crippen LogP contribution in [0.1, 0.15) is 24.7 Å². The summed E-state index contributed by atoms with van der Waals surface area (Å²) in [7, 11) is 0. The number of nitrogens with one attached hydrogen (secondary N) is 1. The van der Waals surface area contributed by atoms with Crippen LogP contribution < -0.4 is 10.1 Å². The first kappa shape index (κ1) is 16.1. The number of nitrogens with zero attached hydrogens (tertiary/aromatic N) is 3. The van der Waals surface area contributed by atoms with Gasteiger partial charge in [-0.15, -0.1) is 0 Å². The van der Waals surface area contributed by atoms with Crippen LogP contribution in [-0.4, -0.2) is 16.1 Å². The van der Waals surface area contributed by atoms with Crippen LogP contribution in [0.2, 0.25) is 5.15 Å². The van der Waals surface area contributed by atoms with Crippen LogP contribution in [-0.2, 0) is 6.54 Å². The van der Waals surface area contributed by atoms with Gasteiger partial charge in [0, 0.05) is 12.6 Å². The zero-order chi connectivity index (χ0) is 15.9. The van der Waals surface area contributed by atoms with Gasteiger partial charge in [0.15, 0.2) is 6.10 Å². The van der Waals surface area contributed by atoms with Crippen LogP contribution in [0.5, 0.6) is 5.75 Å². The highest BCUT2D eigenvalue weighted by Crippen LogP contribution is 2.17. The minimum atomic E-state index is -0.425. The van der Waals surface area contributed by atoms with Crippen LogP contribution in [0.3, 0.4) is 0 Å². The highest BCUT2D eigenvalue weighted by atomic mass is 35.5. The topological polar surface area (TPSA) is 70.8 Å². The van der Waals surface area contributed by atoms with Gasteiger partial charge in [-0.2, -0.15) is 5.26 Å². The monoisotopic (exact) mass is 316 g/mol. The van der Waals surface area contributed by atoms with Crippen LogP contribution in [0.15, 0.2) is 30.3 Å². The van der Waals surface area contributed by atoms with Crippen molar-refractivity contribution in [2.45, 2.75) is 32.9 Å². The Bertz CT molecular complexity index is 664. The Morgan fingerprint density at radius 2 is 2.18 bits per heavy atom. The van der Waals surface area contributed by atoms with E-state index in [4.69, 9.17) is 21.6 Å². The van der Waals surface area contributed by atoms with Gasteiger partial charge in [-0.3, -0.25) is 0 Å². The van der Waals surface area contributed by atoms with E-state index in [0.717, 1.165) is 5.56 Å². The van der Waals surface area contributed by atoms with Gasteiger partial charge in [0.1, 0.15) is 28.6 Å². The highest BCUT2D eigenvalue weighted by Gasteiger charge is 2.06. The van der Waals surface area contributed by atoms with Gasteiger partial charge in [-0.1, -0.05) is 30.7 Å². The zero-order valence-electron chi connectivity index (χ0n) is 12.5. The lowest BCUT2D eigenvalue weighted by atomic mass is 10.2. The van der Waals surface area contributed by atoms with Crippen molar-refractivity contribution in [1.29, 1.82) is 5.26 Å². The van der Waals surface area contributed by atoms with E-state index in [0.29, 0.717) is 35.5 Å². The summed E-state index contributed by atoms with van der Waals surface area (Å²) in [6.07, 6.45) is 0.226. The third-order valence-corrected chi connectivity index (χ3v) is 3.17. The SMILES string of the molecule is CCC(C#N)Oc1cccc(CNc2cc(Cl)nc(C)n2)c1. The van der Waals surface area contributed by atoms with E-state index in [2.05, 4.69) is 21.4 Å². The summed E-state index contributed by atoms with van der Waals surface area (Å²) in [5.74, 6) is 1.98. The summed E-state index contributed by atoms with van der Waals surface area (Å²) >= 11 is 5.90. The van der Waals surface area contributed by atoms with Crippen molar-refractivity contribution in [1.82, 2.24) is 9.97 Å². The number of nitriles is 1. The van der Waals surface area contributed by atoms with Gasteiger partial charge >= 0.3 is 0 Å². The molecule has 2 aromatic rings. The highest BCUT2D eigenvalue weighted by molar-refractivity contribution is 6.29. The summed E-state index contributed by atoms with van der Waals surface area (Å²) in [6.45, 7) is 4.28. The summed E-state index contributed by atoms with van der Waals surface area (Å²) in [5.41, 5.74) is 1.03. The van der Waals surface area contributed by atoms with E-state index >= 15 is 0 Å². The minimum Gasteiger partial charge on any atom is -0.476 e. The van der Waals surface area contributed by atoms with E-state index < -0.39 is 6.10 Å². The average molecular weight is 317 g/mol. The number of anilines is 1. The van der Waals surface area contributed by atoms with E-state index in [1.165, 1.54) is 0 Å². The van der Waals surface area contributed by atoms with Crippen molar-refractivity contribution in [3.05, 3.63) is 46.9 Å². The molecule has 1 unspecified atom stereocenters. The number of hydrogen-bond donors (Lipinski definition) is 1. The molecule has 0 fully saturated rings. The number of hydrogen-bond acceptors (Lipinski definition) is 5. The molecule has 2 rings (SSSR count). The molecule has 0 saturated heterocycles. The predicted octanol–water partition coefficient (Wildman–Crippen LogP) is 3.73. The Kier molecular flexibility index (Phi) is 5.56. The first-order valence-electron chi connectivity index (χ1n) is 7.01. The molecule has 0 spiro atoms. The third kappa shape index (κ3) is 4.61. The molecule has 0 amide bonds. The van der Waals surface area contributed by atoms with E-state index in [1.54, 1.807) is 13.0 Å². The molecule has 0 aliphatic carbocycles. The van der Waals surface area contributed by atoms with Crippen molar-refractivity contribution >= 4 is 17.4 Å². The second kappa shape index (κ2) is 7.62. The summed E-state index contributed by atoms with van der Waals surface area (Å²) in [6, 6.07) is 11.4. The summed E-state index contributed by atoms with van der Waals surface area (Å²) < 4.78 is 5.61. The first-order valence-corrected chi connectivity index (χ1v) is 7.38. The Hall–Kier alpha value is -2.32. The van der Waals surface area contributed by atoms with Crippen molar-refractivity contribution in [2.24, 2.45) is 0 Å². The van der Waals surface area contributed by atoms with E-state index in [9.17, 15) is 0 Å². The molecular formula is C16H17ClN4O. The van der Waals surface area contributed by atoms with Crippen molar-refractivity contribution < 1.29 is 4.74 Å². The minimum absolute atomic E-state index is 0.409. The molecule has 0 aliphatic heterocycles. The second-order valence-corrected chi connectivity index (χ2v) is 5.16. The molecule has 1 aromatic heterocycles. The van der Waals surface area contributed by atoms with Gasteiger partial charge in [0.25, 0.3) is 0 Å². The second-order valence-electron chi connectivity index (χ2n) is 4.77. The van der Waals surface area contributed by atoms with Crippen LogP contribution >= 0.6 is 11.6 Å². The smallest absolute Gasteiger partial charge is 0.184 e. The Morgan fingerprint density at radius 3 is 2.86 bits per heavy atom. The molecule has 6 heteroatoms. The Morgan fingerprint density at radius 1 is 1.36 bits per heavy atom. The van der Waals surface area contributed by atoms with Gasteiger partial charge in [0.2, 0.25) is 0 Å². The maximum absolute atomic E-state index is 8.95. The summed E-state index contributed by atoms with van der Waals surface area (Å²) in [4.78, 5) is 8.28. The van der Waals surface area contributed by atoms with Crippen LogP contribution in [0.4, 0.5) is 5.82 Å². The predicted molar refractivity (Wildman–Crippen MR) is 85.9 cm³/mol. The van der Waals surface area contributed by atoms with Crippen molar-refractivity contribution in [2.75, 3.05) is 5.32 Å². The number of aromatic nitrogens is 2. The number of aryl methyl sites for hydroxylation is 1. The molecule has 114 valence electrons. The van der Waals surface area contributed by atoms with E-state index in [1.807, 2.05) is 31.2 Å². The van der Waals surface area contributed by atoms with Gasteiger partial charge < -0.3 is 10.1 Å². The number of benzene rings is 1. The molecule has 1 atom stereocenters. The van der Waals surface area contributed by atoms with E-state index in [-0.39, 0.29) is 0 Å². The van der Waals surface area contributed by atoms with Gasteiger partial charge in [-0.05, 0) is 31.0 Å². The standard InChI is InChI=1S/C16H17ClN4O/c1-3-13(9-18)22-14-6-4-5-12(7-14)10-19-16-8-15(17)20-11(2)21-16/h4-8,13H,3,10H2,1-2H3,(H,19,20,21). The quantitative estimate of drug-likeness (QED) is 0.822. The third-order valence-electron chi connectivity index (χ3n) is 2.97. The van der Waals surface area contributed by atoms with Gasteiger partial charge in [-0.25, -0.2) is 9.97 Å². The molecular weight excluding hydrogens is 300 g/mol. The fraction of sp³-hybridized carbons (Fsp3) is 0.312. The molecule has 0 bridgehead atoms. The molecule has 1 heterocycles. The zero-order valence-corrected chi connectivity index (χ0v) is 13.3. The maximum Gasteiger partial charge on any atom is 0.184 e. The van der Waals surface area contributed by atoms with Gasteiger partial charge in [0.05, 0.1) is 0 Å². The fourth-order valence-electron chi connectivity index (χ4n) is 1.91. The molecule has 0 saturated carbocycles. The lowest BCUT2D eigenvalue weighted by molar-refractivity contribution is 0.251. The first-order chi connectivity index (χ1) is 10.6. The fourth-order valence-corrected chi connectivity index (χ4v) is 2.13. The maximum atomic E-state index is 8.95. The molecule has 22 heavy (non-hydrogen) atoms. The van der Waals surface area contributed by atoms with Crippen molar-refractivity contribution in [3.8, 4) is 11.8 Å². The number of ether oxygens (including phenoxy) is 1. The van der Waals surface area contributed by atoms with Crippen molar-refractivity contribution in [3.63, 3.8) is 0 Å². The van der Waals surface area contributed by atoms with Crippen LogP contribution in [0.25, 0.3) is 0 Å². The number of rotatable bonds is 6. The molecule has 0 aliphatic rings. The molecule has 0 radical (unpaired) electrons. The molecule has 1 aromatic carbocycles. The lowest BCUT2D eigenvalue weighted by Crippen LogP contribution is -2.12. The molecule has 1 N–H and O–H groups in total. The Labute approximate surface area is 134 Å². The summed E-state index contributed by atoms with van der Waals surface area (Å²) in [5, 5.41) is 12.6. The van der Waals surface area contributed by atoms with Crippen LogP contribution in [0, 0.1) is 18.3 Å². The average Bonchev–Trinajstić information content (AvgIpc) is 2.50. The Balaban J connectivity index is 2.02. The molecule has 5 nitrogen and oxygen atoms in total. The number of halogens is 1. The largest absolute Gasteiger partial charge is 0.476 e. The lowest BCUT2D eigenvalue weighted by Gasteiger charge is -2.12. The normalized spacial score (nSPS) is 11.5.